The summed E-state index contributed by atoms with van der Waals surface area (Å²) in [4.78, 5) is 13.5. The monoisotopic (exact) mass is 280 g/mol. The number of amidine groups is 1. The molecule has 1 atom stereocenters. The van der Waals surface area contributed by atoms with E-state index in [0.717, 1.165) is 45.8 Å². The first-order chi connectivity index (χ1) is 9.31. The number of hydrogen-bond acceptors (Lipinski definition) is 6. The van der Waals surface area contributed by atoms with Crippen LogP contribution >= 0.6 is 11.8 Å². The van der Waals surface area contributed by atoms with Crippen molar-refractivity contribution in [1.29, 1.82) is 0 Å². The summed E-state index contributed by atoms with van der Waals surface area (Å²) in [6, 6.07) is 0. The maximum atomic E-state index is 4.62. The molecule has 1 saturated heterocycles. The molecule has 1 aromatic rings. The summed E-state index contributed by atoms with van der Waals surface area (Å²) in [5.41, 5.74) is 0. The Balaban J connectivity index is 1.42. The molecule has 2 aliphatic rings. The Morgan fingerprint density at radius 2 is 2.11 bits per heavy atom. The molecule has 0 amide bonds. The van der Waals surface area contributed by atoms with E-state index in [-0.39, 0.29) is 0 Å². The predicted octanol–water partition coefficient (Wildman–Crippen LogP) is 0.387. The van der Waals surface area contributed by atoms with Gasteiger partial charge in [-0.2, -0.15) is 5.10 Å². The molecular weight excluding hydrogens is 260 g/mol. The Hall–Kier alpha value is -1.08. The largest absolute Gasteiger partial charge is 0.349 e. The van der Waals surface area contributed by atoms with Crippen molar-refractivity contribution in [2.45, 2.75) is 18.7 Å². The Morgan fingerprint density at radius 3 is 2.74 bits per heavy atom. The molecule has 1 unspecified atom stereocenters. The van der Waals surface area contributed by atoms with Gasteiger partial charge in [0.2, 0.25) is 0 Å². The van der Waals surface area contributed by atoms with E-state index in [0.29, 0.717) is 5.25 Å². The molecule has 0 aromatic carbocycles. The van der Waals surface area contributed by atoms with Crippen LogP contribution in [0.25, 0.3) is 0 Å². The van der Waals surface area contributed by atoms with Crippen LogP contribution in [0.15, 0.2) is 17.6 Å². The van der Waals surface area contributed by atoms with Gasteiger partial charge in [0.15, 0.2) is 5.17 Å². The van der Waals surface area contributed by atoms with Gasteiger partial charge < -0.3 is 4.90 Å². The maximum Gasteiger partial charge on any atom is 0.159 e. The Bertz CT molecular complexity index is 423. The van der Waals surface area contributed by atoms with Gasteiger partial charge in [-0.1, -0.05) is 18.7 Å². The Kier molecular flexibility index (Phi) is 4.03. The molecule has 104 valence electrons. The first-order valence-electron chi connectivity index (χ1n) is 6.82. The standard InChI is InChI=1S/C12H20N6S/c1-11-8-14-12(19-11)17-5-2-16(3-6-17)4-7-18-10-13-9-15-18/h9-11H,2-8H2,1H3. The highest BCUT2D eigenvalue weighted by Gasteiger charge is 2.24. The molecule has 0 bridgehead atoms. The summed E-state index contributed by atoms with van der Waals surface area (Å²) >= 11 is 1.92. The molecular formula is C12H20N6S. The highest BCUT2D eigenvalue weighted by atomic mass is 32.2. The topological polar surface area (TPSA) is 49.5 Å². The normalized spacial score (nSPS) is 24.8. The highest BCUT2D eigenvalue weighted by Crippen LogP contribution is 2.23. The first-order valence-corrected chi connectivity index (χ1v) is 7.70. The lowest BCUT2D eigenvalue weighted by Crippen LogP contribution is -2.48. The summed E-state index contributed by atoms with van der Waals surface area (Å²) in [5, 5.41) is 6.04. The van der Waals surface area contributed by atoms with Gasteiger partial charge in [-0.3, -0.25) is 14.6 Å². The fourth-order valence-corrected chi connectivity index (χ4v) is 3.38. The molecule has 19 heavy (non-hydrogen) atoms. The van der Waals surface area contributed by atoms with Gasteiger partial charge >= 0.3 is 0 Å². The van der Waals surface area contributed by atoms with Crippen LogP contribution in [-0.4, -0.2) is 74.3 Å². The van der Waals surface area contributed by atoms with Crippen LogP contribution in [0, 0.1) is 0 Å². The second-order valence-corrected chi connectivity index (χ2v) is 6.44. The van der Waals surface area contributed by atoms with Gasteiger partial charge in [-0.25, -0.2) is 4.98 Å². The van der Waals surface area contributed by atoms with Crippen molar-refractivity contribution in [3.63, 3.8) is 0 Å². The van der Waals surface area contributed by atoms with Crippen molar-refractivity contribution >= 4 is 16.9 Å². The van der Waals surface area contributed by atoms with E-state index in [1.165, 1.54) is 5.17 Å². The minimum atomic E-state index is 0.653. The van der Waals surface area contributed by atoms with Gasteiger partial charge in [-0.15, -0.1) is 0 Å². The zero-order valence-electron chi connectivity index (χ0n) is 11.3. The molecule has 0 N–H and O–H groups in total. The van der Waals surface area contributed by atoms with Gasteiger partial charge in [0, 0.05) is 38.0 Å². The van der Waals surface area contributed by atoms with E-state index in [1.807, 2.05) is 16.4 Å². The lowest BCUT2D eigenvalue weighted by Gasteiger charge is -2.35. The van der Waals surface area contributed by atoms with Crippen LogP contribution in [0.2, 0.25) is 0 Å². The van der Waals surface area contributed by atoms with Crippen molar-refractivity contribution in [2.24, 2.45) is 4.99 Å². The molecule has 1 fully saturated rings. The second kappa shape index (κ2) is 5.92. The van der Waals surface area contributed by atoms with Crippen molar-refractivity contribution < 1.29 is 0 Å². The van der Waals surface area contributed by atoms with E-state index in [4.69, 9.17) is 0 Å². The summed E-state index contributed by atoms with van der Waals surface area (Å²) in [7, 11) is 0. The molecule has 0 radical (unpaired) electrons. The summed E-state index contributed by atoms with van der Waals surface area (Å²) < 4.78 is 1.89. The van der Waals surface area contributed by atoms with E-state index < -0.39 is 0 Å². The molecule has 0 saturated carbocycles. The quantitative estimate of drug-likeness (QED) is 0.801. The van der Waals surface area contributed by atoms with Gasteiger partial charge in [0.25, 0.3) is 0 Å². The van der Waals surface area contributed by atoms with Crippen molar-refractivity contribution in [3.8, 4) is 0 Å². The van der Waals surface area contributed by atoms with Crippen LogP contribution in [0.3, 0.4) is 0 Å². The Labute approximate surface area is 117 Å². The SMILES string of the molecule is CC1CN=C(N2CCN(CCn3cncn3)CC2)S1. The van der Waals surface area contributed by atoms with Crippen LogP contribution in [0.4, 0.5) is 0 Å². The number of piperazine rings is 1. The maximum absolute atomic E-state index is 4.62. The van der Waals surface area contributed by atoms with Gasteiger partial charge in [0.1, 0.15) is 12.7 Å². The Morgan fingerprint density at radius 1 is 1.26 bits per heavy atom. The minimum absolute atomic E-state index is 0.653. The van der Waals surface area contributed by atoms with Crippen LogP contribution in [-0.2, 0) is 6.54 Å². The minimum Gasteiger partial charge on any atom is -0.349 e. The zero-order valence-corrected chi connectivity index (χ0v) is 12.1. The highest BCUT2D eigenvalue weighted by molar-refractivity contribution is 8.14. The number of hydrogen-bond donors (Lipinski definition) is 0. The number of aromatic nitrogens is 3. The summed E-state index contributed by atoms with van der Waals surface area (Å²) in [6.45, 7) is 9.61. The molecule has 6 nitrogen and oxygen atoms in total. The number of aliphatic imine (C=N–C) groups is 1. The predicted molar refractivity (Wildman–Crippen MR) is 77.4 cm³/mol. The summed E-state index contributed by atoms with van der Waals surface area (Å²) in [6.07, 6.45) is 3.37. The van der Waals surface area contributed by atoms with Crippen LogP contribution in [0.5, 0.6) is 0 Å². The lowest BCUT2D eigenvalue weighted by atomic mass is 10.3. The van der Waals surface area contributed by atoms with Crippen molar-refractivity contribution in [1.82, 2.24) is 24.6 Å². The fraction of sp³-hybridized carbons (Fsp3) is 0.750. The number of nitrogens with zero attached hydrogens (tertiary/aromatic N) is 6. The van der Waals surface area contributed by atoms with Gasteiger partial charge in [-0.05, 0) is 0 Å². The van der Waals surface area contributed by atoms with Crippen LogP contribution in [0.1, 0.15) is 6.92 Å². The smallest absolute Gasteiger partial charge is 0.159 e. The van der Waals surface area contributed by atoms with E-state index in [9.17, 15) is 0 Å². The van der Waals surface area contributed by atoms with Crippen LogP contribution < -0.4 is 0 Å². The van der Waals surface area contributed by atoms with E-state index in [1.54, 1.807) is 12.7 Å². The summed E-state index contributed by atoms with van der Waals surface area (Å²) in [5.74, 6) is 0. The molecule has 3 heterocycles. The molecule has 1 aromatic heterocycles. The molecule has 2 aliphatic heterocycles. The van der Waals surface area contributed by atoms with Crippen molar-refractivity contribution in [2.75, 3.05) is 39.3 Å². The first kappa shape index (κ1) is 12.9. The number of rotatable bonds is 3. The zero-order chi connectivity index (χ0) is 13.1. The lowest BCUT2D eigenvalue weighted by molar-refractivity contribution is 0.177. The third kappa shape index (κ3) is 3.27. The second-order valence-electron chi connectivity index (χ2n) is 5.04. The van der Waals surface area contributed by atoms with Gasteiger partial charge in [0.05, 0.1) is 13.1 Å². The van der Waals surface area contributed by atoms with E-state index in [2.05, 4.69) is 31.8 Å². The molecule has 3 rings (SSSR count). The molecule has 0 spiro atoms. The van der Waals surface area contributed by atoms with Crippen molar-refractivity contribution in [3.05, 3.63) is 12.7 Å². The average molecular weight is 280 g/mol. The van der Waals surface area contributed by atoms with E-state index >= 15 is 0 Å². The fourth-order valence-electron chi connectivity index (χ4n) is 2.39. The third-order valence-corrected chi connectivity index (χ3v) is 4.69. The third-order valence-electron chi connectivity index (χ3n) is 3.54. The molecule has 0 aliphatic carbocycles. The molecule has 7 heteroatoms. The number of thioether (sulfide) groups is 1. The average Bonchev–Trinajstić information content (AvgIpc) is 3.08.